The molecule has 1 saturated heterocycles. The van der Waals surface area contributed by atoms with Crippen LogP contribution in [0.4, 0.5) is 0 Å². The highest BCUT2D eigenvalue weighted by Gasteiger charge is 2.21. The van der Waals surface area contributed by atoms with E-state index in [0.29, 0.717) is 34.9 Å². The van der Waals surface area contributed by atoms with E-state index in [4.69, 9.17) is 18.9 Å². The fourth-order valence-electron chi connectivity index (χ4n) is 3.28. The normalized spacial score (nSPS) is 14.3. The van der Waals surface area contributed by atoms with Crippen LogP contribution in [0.5, 0.6) is 11.5 Å². The zero-order valence-electron chi connectivity index (χ0n) is 16.1. The first-order chi connectivity index (χ1) is 14.1. The van der Waals surface area contributed by atoms with Crippen molar-refractivity contribution in [3.05, 3.63) is 74.6 Å². The van der Waals surface area contributed by atoms with E-state index in [1.165, 1.54) is 0 Å². The zero-order chi connectivity index (χ0) is 20.4. The van der Waals surface area contributed by atoms with Crippen molar-refractivity contribution in [2.75, 3.05) is 20.3 Å². The molecule has 152 valence electrons. The highest BCUT2D eigenvalue weighted by molar-refractivity contribution is 9.10. The third-order valence-electron chi connectivity index (χ3n) is 4.77. The van der Waals surface area contributed by atoms with E-state index in [2.05, 4.69) is 15.9 Å². The summed E-state index contributed by atoms with van der Waals surface area (Å²) in [6.45, 7) is 1.34. The van der Waals surface area contributed by atoms with Gasteiger partial charge in [0.1, 0.15) is 11.1 Å². The first-order valence-corrected chi connectivity index (χ1v) is 9.95. The molecule has 0 saturated carbocycles. The average Bonchev–Trinajstić information content (AvgIpc) is 3.35. The molecule has 0 amide bonds. The Labute approximate surface area is 176 Å². The molecule has 1 aliphatic heterocycles. The van der Waals surface area contributed by atoms with Gasteiger partial charge in [-0.2, -0.15) is 0 Å². The Bertz CT molecular complexity index is 1050. The van der Waals surface area contributed by atoms with Crippen molar-refractivity contribution in [3.63, 3.8) is 0 Å². The summed E-state index contributed by atoms with van der Waals surface area (Å²) in [6, 6.07) is 15.0. The Morgan fingerprint density at radius 1 is 1.10 bits per heavy atom. The van der Waals surface area contributed by atoms with Gasteiger partial charge in [0.15, 0.2) is 17.8 Å². The van der Waals surface area contributed by atoms with Crippen LogP contribution in [0.1, 0.15) is 17.5 Å². The lowest BCUT2D eigenvalue weighted by atomic mass is 10.2. The largest absolute Gasteiger partial charge is 0.493 e. The molecule has 2 heterocycles. The maximum atomic E-state index is 12.7. The lowest BCUT2D eigenvalue weighted by Crippen LogP contribution is -2.19. The number of nitrogens with zero attached hydrogens (tertiary/aromatic N) is 2. The molecule has 1 fully saturated rings. The summed E-state index contributed by atoms with van der Waals surface area (Å²) in [7, 11) is 3.41. The molecule has 29 heavy (non-hydrogen) atoms. The number of halogens is 1. The van der Waals surface area contributed by atoms with Crippen LogP contribution in [0, 0.1) is 0 Å². The minimum Gasteiger partial charge on any atom is -0.493 e. The lowest BCUT2D eigenvalue weighted by molar-refractivity contribution is -0.0442. The second-order valence-electron chi connectivity index (χ2n) is 6.51. The number of hydrogen-bond donors (Lipinski definition) is 0. The quantitative estimate of drug-likeness (QED) is 0.562. The van der Waals surface area contributed by atoms with Gasteiger partial charge in [0.05, 0.1) is 31.7 Å². The number of hydrogen-bond acceptors (Lipinski definition) is 5. The third kappa shape index (κ3) is 3.83. The fraction of sp³-hybridized carbons (Fsp3) is 0.286. The highest BCUT2D eigenvalue weighted by atomic mass is 79.9. The van der Waals surface area contributed by atoms with Gasteiger partial charge >= 0.3 is 0 Å². The standard InChI is InChI=1S/C21H21BrN2O5/c1-23-16(19(22)20(25)24(23)15-6-4-3-5-7-15)13-29-17-9-8-14(12-18(17)26-2)21-27-10-11-28-21/h3-9,12,21H,10-11,13H2,1-2H3. The molecular weight excluding hydrogens is 440 g/mol. The predicted molar refractivity (Wildman–Crippen MR) is 111 cm³/mol. The number of methoxy groups -OCH3 is 1. The van der Waals surface area contributed by atoms with Crippen LogP contribution in [0.15, 0.2) is 57.8 Å². The van der Waals surface area contributed by atoms with E-state index in [9.17, 15) is 4.79 Å². The van der Waals surface area contributed by atoms with Crippen LogP contribution in [0.25, 0.3) is 5.69 Å². The van der Waals surface area contributed by atoms with Crippen molar-refractivity contribution in [2.45, 2.75) is 12.9 Å². The highest BCUT2D eigenvalue weighted by Crippen LogP contribution is 2.33. The average molecular weight is 461 g/mol. The number of benzene rings is 2. The van der Waals surface area contributed by atoms with Crippen LogP contribution in [0.3, 0.4) is 0 Å². The molecule has 7 nitrogen and oxygen atoms in total. The van der Waals surface area contributed by atoms with Crippen molar-refractivity contribution < 1.29 is 18.9 Å². The second-order valence-corrected chi connectivity index (χ2v) is 7.30. The topological polar surface area (TPSA) is 63.9 Å². The van der Waals surface area contributed by atoms with E-state index < -0.39 is 0 Å². The van der Waals surface area contributed by atoms with Gasteiger partial charge in [-0.15, -0.1) is 0 Å². The Kier molecular flexibility index (Phi) is 5.75. The summed E-state index contributed by atoms with van der Waals surface area (Å²) in [5.74, 6) is 1.14. The van der Waals surface area contributed by atoms with Gasteiger partial charge < -0.3 is 18.9 Å². The molecule has 3 aromatic rings. The van der Waals surface area contributed by atoms with Gasteiger partial charge in [-0.05, 0) is 40.2 Å². The van der Waals surface area contributed by atoms with Gasteiger partial charge in [-0.1, -0.05) is 24.3 Å². The second kappa shape index (κ2) is 8.44. The first kappa shape index (κ1) is 19.8. The fourth-order valence-corrected chi connectivity index (χ4v) is 3.82. The molecule has 0 bridgehead atoms. The summed E-state index contributed by atoms with van der Waals surface area (Å²) in [5, 5.41) is 0. The van der Waals surface area contributed by atoms with E-state index in [-0.39, 0.29) is 18.5 Å². The number of ether oxygens (including phenoxy) is 4. The van der Waals surface area contributed by atoms with Gasteiger partial charge in [0, 0.05) is 12.6 Å². The van der Waals surface area contributed by atoms with E-state index in [1.54, 1.807) is 16.5 Å². The molecule has 8 heteroatoms. The molecule has 2 aromatic carbocycles. The summed E-state index contributed by atoms with van der Waals surface area (Å²) in [6.07, 6.45) is -0.382. The van der Waals surface area contributed by atoms with Crippen LogP contribution < -0.4 is 15.0 Å². The first-order valence-electron chi connectivity index (χ1n) is 9.16. The SMILES string of the molecule is COc1cc(C2OCCO2)ccc1OCc1c(Br)c(=O)n(-c2ccccc2)n1C. The number of para-hydroxylation sites is 1. The molecule has 0 aliphatic carbocycles. The minimum atomic E-state index is -0.382. The number of aromatic nitrogens is 2. The van der Waals surface area contributed by atoms with Crippen LogP contribution in [-0.2, 0) is 23.1 Å². The summed E-state index contributed by atoms with van der Waals surface area (Å²) in [4.78, 5) is 12.7. The minimum absolute atomic E-state index is 0.143. The van der Waals surface area contributed by atoms with Crippen LogP contribution >= 0.6 is 15.9 Å². The van der Waals surface area contributed by atoms with Gasteiger partial charge in [0.25, 0.3) is 5.56 Å². The van der Waals surface area contributed by atoms with Crippen LogP contribution in [0.2, 0.25) is 0 Å². The van der Waals surface area contributed by atoms with E-state index in [0.717, 1.165) is 11.3 Å². The lowest BCUT2D eigenvalue weighted by Gasteiger charge is -2.15. The van der Waals surface area contributed by atoms with E-state index in [1.807, 2.05) is 55.6 Å². The molecule has 0 N–H and O–H groups in total. The smallest absolute Gasteiger partial charge is 0.286 e. The van der Waals surface area contributed by atoms with Crippen LogP contribution in [-0.4, -0.2) is 29.7 Å². The summed E-state index contributed by atoms with van der Waals surface area (Å²) in [5.41, 5.74) is 2.23. The molecule has 0 unspecified atom stereocenters. The van der Waals surface area contributed by atoms with Gasteiger partial charge in [0.2, 0.25) is 0 Å². The zero-order valence-corrected chi connectivity index (χ0v) is 17.7. The van der Waals surface area contributed by atoms with Crippen molar-refractivity contribution in [1.29, 1.82) is 0 Å². The van der Waals surface area contributed by atoms with Crippen molar-refractivity contribution >= 4 is 15.9 Å². The maximum absolute atomic E-state index is 12.7. The van der Waals surface area contributed by atoms with Gasteiger partial charge in [-0.3, -0.25) is 9.48 Å². The number of rotatable bonds is 6. The molecule has 0 radical (unpaired) electrons. The Balaban J connectivity index is 1.59. The van der Waals surface area contributed by atoms with Crippen molar-refractivity contribution in [2.24, 2.45) is 7.05 Å². The van der Waals surface area contributed by atoms with Crippen molar-refractivity contribution in [3.8, 4) is 17.2 Å². The van der Waals surface area contributed by atoms with Crippen molar-refractivity contribution in [1.82, 2.24) is 9.36 Å². The Hall–Kier alpha value is -2.55. The third-order valence-corrected chi connectivity index (χ3v) is 5.57. The molecule has 1 aliphatic rings. The molecule has 0 atom stereocenters. The maximum Gasteiger partial charge on any atom is 0.286 e. The molecule has 1 aromatic heterocycles. The summed E-state index contributed by atoms with van der Waals surface area (Å²) >= 11 is 3.42. The Morgan fingerprint density at radius 2 is 1.83 bits per heavy atom. The van der Waals surface area contributed by atoms with Gasteiger partial charge in [-0.25, -0.2) is 4.68 Å². The predicted octanol–water partition coefficient (Wildman–Crippen LogP) is 3.57. The molecule has 4 rings (SSSR count). The molecular formula is C21H21BrN2O5. The molecule has 0 spiro atoms. The Morgan fingerprint density at radius 3 is 2.52 bits per heavy atom. The van der Waals surface area contributed by atoms with E-state index >= 15 is 0 Å². The monoisotopic (exact) mass is 460 g/mol. The summed E-state index contributed by atoms with van der Waals surface area (Å²) < 4.78 is 26.4.